The molecule has 2 fully saturated rings. The van der Waals surface area contributed by atoms with E-state index in [1.807, 2.05) is 48.5 Å². The molecule has 1 aromatic heterocycles. The molecule has 1 amide bonds. The largest absolute Gasteiger partial charge is 0.354 e. The van der Waals surface area contributed by atoms with Crippen LogP contribution >= 0.6 is 0 Å². The van der Waals surface area contributed by atoms with Crippen LogP contribution in [0.15, 0.2) is 48.5 Å². The highest BCUT2D eigenvalue weighted by Crippen LogP contribution is 2.25. The first kappa shape index (κ1) is 20.7. The lowest BCUT2D eigenvalue weighted by Gasteiger charge is -2.34. The molecule has 0 spiro atoms. The number of nitrogens with zero attached hydrogens (tertiary/aromatic N) is 5. The fourth-order valence-electron chi connectivity index (χ4n) is 4.26. The van der Waals surface area contributed by atoms with Gasteiger partial charge in [0.1, 0.15) is 11.5 Å². The van der Waals surface area contributed by atoms with Crippen molar-refractivity contribution in [2.75, 3.05) is 74.5 Å². The van der Waals surface area contributed by atoms with Crippen LogP contribution in [-0.2, 0) is 0 Å². The number of hydrogen-bond acceptors (Lipinski definition) is 7. The van der Waals surface area contributed by atoms with Crippen molar-refractivity contribution < 1.29 is 4.79 Å². The average molecular weight is 432 g/mol. The number of benzene rings is 2. The molecule has 8 nitrogen and oxygen atoms in total. The minimum Gasteiger partial charge on any atom is -0.354 e. The topological polar surface area (TPSA) is 76.6 Å². The second-order valence-electron chi connectivity index (χ2n) is 8.42. The van der Waals surface area contributed by atoms with E-state index in [0.29, 0.717) is 11.6 Å². The quantitative estimate of drug-likeness (QED) is 0.655. The third kappa shape index (κ3) is 4.37. The first-order chi connectivity index (χ1) is 15.7. The molecule has 0 bridgehead atoms. The Kier molecular flexibility index (Phi) is 5.87. The Labute approximate surface area is 188 Å². The van der Waals surface area contributed by atoms with E-state index >= 15 is 0 Å². The molecule has 0 atom stereocenters. The summed E-state index contributed by atoms with van der Waals surface area (Å²) in [6.07, 6.45) is 0. The molecule has 2 aliphatic heterocycles. The number of piperazine rings is 2. The standard InChI is InChI=1S/C24H29N7O/c1-29-13-15-31(16-14-29)24-27-21(17-22(28-24)30-11-9-25-10-12-30)23(32)26-20-8-4-6-18-5-2-3-7-19(18)20/h2-8,17,25H,9-16H2,1H3,(H,26,32). The molecule has 32 heavy (non-hydrogen) atoms. The maximum absolute atomic E-state index is 13.3. The Hall–Kier alpha value is -3.23. The van der Waals surface area contributed by atoms with Crippen LogP contribution in [0.2, 0.25) is 0 Å². The van der Waals surface area contributed by atoms with Gasteiger partial charge < -0.3 is 25.3 Å². The van der Waals surface area contributed by atoms with E-state index < -0.39 is 0 Å². The lowest BCUT2D eigenvalue weighted by Crippen LogP contribution is -2.46. The molecule has 3 aromatic rings. The number of likely N-dealkylation sites (N-methyl/N-ethyl adjacent to an activating group) is 1. The summed E-state index contributed by atoms with van der Waals surface area (Å²) in [5.41, 5.74) is 1.19. The van der Waals surface area contributed by atoms with Crippen molar-refractivity contribution in [3.63, 3.8) is 0 Å². The van der Waals surface area contributed by atoms with Crippen LogP contribution in [0.5, 0.6) is 0 Å². The minimum atomic E-state index is -0.212. The first-order valence-corrected chi connectivity index (χ1v) is 11.2. The van der Waals surface area contributed by atoms with Crippen LogP contribution in [0.25, 0.3) is 10.8 Å². The van der Waals surface area contributed by atoms with Gasteiger partial charge in [-0.15, -0.1) is 0 Å². The molecule has 2 aliphatic rings. The van der Waals surface area contributed by atoms with E-state index in [1.54, 1.807) is 0 Å². The highest BCUT2D eigenvalue weighted by atomic mass is 16.1. The molecular formula is C24H29N7O. The molecule has 2 N–H and O–H groups in total. The smallest absolute Gasteiger partial charge is 0.274 e. The molecule has 0 unspecified atom stereocenters. The van der Waals surface area contributed by atoms with Gasteiger partial charge in [-0.05, 0) is 18.5 Å². The molecule has 0 radical (unpaired) electrons. The third-order valence-corrected chi connectivity index (χ3v) is 6.20. The Balaban J connectivity index is 1.47. The van der Waals surface area contributed by atoms with E-state index in [2.05, 4.69) is 32.4 Å². The van der Waals surface area contributed by atoms with E-state index in [9.17, 15) is 4.79 Å². The maximum atomic E-state index is 13.3. The second kappa shape index (κ2) is 9.10. The molecule has 5 rings (SSSR count). The van der Waals surface area contributed by atoms with Crippen LogP contribution in [0.4, 0.5) is 17.5 Å². The molecule has 3 heterocycles. The SMILES string of the molecule is CN1CCN(c2nc(C(=O)Nc3cccc4ccccc34)cc(N3CCNCC3)n2)CC1. The Morgan fingerprint density at radius 3 is 2.47 bits per heavy atom. The fraction of sp³-hybridized carbons (Fsp3) is 0.375. The fourth-order valence-corrected chi connectivity index (χ4v) is 4.26. The van der Waals surface area contributed by atoms with Gasteiger partial charge in [0.25, 0.3) is 5.91 Å². The molecule has 2 saturated heterocycles. The van der Waals surface area contributed by atoms with Crippen LogP contribution in [0, 0.1) is 0 Å². The number of carbonyl (C=O) groups is 1. The van der Waals surface area contributed by atoms with Gasteiger partial charge in [-0.3, -0.25) is 4.79 Å². The molecule has 8 heteroatoms. The highest BCUT2D eigenvalue weighted by Gasteiger charge is 2.22. The first-order valence-electron chi connectivity index (χ1n) is 11.2. The van der Waals surface area contributed by atoms with E-state index in [4.69, 9.17) is 9.97 Å². The Morgan fingerprint density at radius 1 is 0.906 bits per heavy atom. The van der Waals surface area contributed by atoms with Gasteiger partial charge in [-0.25, -0.2) is 4.98 Å². The Morgan fingerprint density at radius 2 is 1.66 bits per heavy atom. The van der Waals surface area contributed by atoms with Crippen molar-refractivity contribution in [2.45, 2.75) is 0 Å². The lowest BCUT2D eigenvalue weighted by atomic mass is 10.1. The van der Waals surface area contributed by atoms with Crippen molar-refractivity contribution in [1.82, 2.24) is 20.2 Å². The zero-order valence-corrected chi connectivity index (χ0v) is 18.4. The summed E-state index contributed by atoms with van der Waals surface area (Å²) in [6.45, 7) is 7.17. The number of nitrogens with one attached hydrogen (secondary N) is 2. The number of aromatic nitrogens is 2. The van der Waals surface area contributed by atoms with E-state index in [-0.39, 0.29) is 5.91 Å². The summed E-state index contributed by atoms with van der Waals surface area (Å²) >= 11 is 0. The summed E-state index contributed by atoms with van der Waals surface area (Å²) in [5, 5.41) is 8.56. The summed E-state index contributed by atoms with van der Waals surface area (Å²) in [7, 11) is 2.12. The predicted octanol–water partition coefficient (Wildman–Crippen LogP) is 2.04. The normalized spacial score (nSPS) is 17.5. The number of anilines is 3. The second-order valence-corrected chi connectivity index (χ2v) is 8.42. The van der Waals surface area contributed by atoms with Gasteiger partial charge in [-0.1, -0.05) is 36.4 Å². The van der Waals surface area contributed by atoms with E-state index in [1.165, 1.54) is 0 Å². The molecular weight excluding hydrogens is 402 g/mol. The molecule has 166 valence electrons. The van der Waals surface area contributed by atoms with Gasteiger partial charge in [0.15, 0.2) is 0 Å². The minimum absolute atomic E-state index is 0.212. The maximum Gasteiger partial charge on any atom is 0.274 e. The third-order valence-electron chi connectivity index (χ3n) is 6.20. The number of hydrogen-bond donors (Lipinski definition) is 2. The molecule has 2 aromatic carbocycles. The van der Waals surface area contributed by atoms with Crippen LogP contribution in [-0.4, -0.2) is 80.2 Å². The summed E-state index contributed by atoms with van der Waals surface area (Å²) < 4.78 is 0. The molecule has 0 saturated carbocycles. The van der Waals surface area contributed by atoms with Gasteiger partial charge in [-0.2, -0.15) is 4.98 Å². The van der Waals surface area contributed by atoms with Crippen molar-refractivity contribution in [2.24, 2.45) is 0 Å². The number of fused-ring (bicyclic) bond motifs is 1. The van der Waals surface area contributed by atoms with Crippen LogP contribution < -0.4 is 20.4 Å². The zero-order chi connectivity index (χ0) is 21.9. The van der Waals surface area contributed by atoms with Crippen LogP contribution in [0.1, 0.15) is 10.5 Å². The van der Waals surface area contributed by atoms with Crippen molar-refractivity contribution in [1.29, 1.82) is 0 Å². The van der Waals surface area contributed by atoms with Gasteiger partial charge in [0.05, 0.1) is 0 Å². The van der Waals surface area contributed by atoms with Gasteiger partial charge >= 0.3 is 0 Å². The lowest BCUT2D eigenvalue weighted by molar-refractivity contribution is 0.102. The number of rotatable bonds is 4. The van der Waals surface area contributed by atoms with Crippen molar-refractivity contribution in [3.05, 3.63) is 54.2 Å². The highest BCUT2D eigenvalue weighted by molar-refractivity contribution is 6.08. The Bertz CT molecular complexity index is 1100. The zero-order valence-electron chi connectivity index (χ0n) is 18.4. The predicted molar refractivity (Wildman–Crippen MR) is 129 cm³/mol. The summed E-state index contributed by atoms with van der Waals surface area (Å²) in [4.78, 5) is 29.6. The van der Waals surface area contributed by atoms with E-state index in [0.717, 1.165) is 74.6 Å². The number of carbonyl (C=O) groups excluding carboxylic acids is 1. The summed E-state index contributed by atoms with van der Waals surface area (Å²) in [6, 6.07) is 15.8. The van der Waals surface area contributed by atoms with Crippen LogP contribution in [0.3, 0.4) is 0 Å². The summed E-state index contributed by atoms with van der Waals surface area (Å²) in [5.74, 6) is 1.24. The van der Waals surface area contributed by atoms with Gasteiger partial charge in [0.2, 0.25) is 5.95 Å². The van der Waals surface area contributed by atoms with Crippen molar-refractivity contribution >= 4 is 34.1 Å². The van der Waals surface area contributed by atoms with Gasteiger partial charge in [0, 0.05) is 69.5 Å². The molecule has 0 aliphatic carbocycles. The monoisotopic (exact) mass is 431 g/mol. The average Bonchev–Trinajstić information content (AvgIpc) is 2.85. The van der Waals surface area contributed by atoms with Crippen molar-refractivity contribution in [3.8, 4) is 0 Å². The number of amides is 1.